The number of hydrogen-bond acceptors (Lipinski definition) is 2. The summed E-state index contributed by atoms with van der Waals surface area (Å²) in [5, 5.41) is 0. The van der Waals surface area contributed by atoms with Gasteiger partial charge in [-0.05, 0) is 25.2 Å². The third kappa shape index (κ3) is 3.00. The van der Waals surface area contributed by atoms with Gasteiger partial charge in [-0.25, -0.2) is 14.4 Å². The van der Waals surface area contributed by atoms with E-state index in [0.29, 0.717) is 17.3 Å². The van der Waals surface area contributed by atoms with E-state index in [1.165, 1.54) is 32.0 Å². The van der Waals surface area contributed by atoms with E-state index in [-0.39, 0.29) is 5.82 Å². The van der Waals surface area contributed by atoms with E-state index >= 15 is 0 Å². The molecule has 1 unspecified atom stereocenters. The minimum Gasteiger partial charge on any atom is -0.239 e. The zero-order valence-corrected chi connectivity index (χ0v) is 10.0. The van der Waals surface area contributed by atoms with Gasteiger partial charge in [-0.2, -0.15) is 0 Å². The highest BCUT2D eigenvalue weighted by atomic mass is 19.1. The summed E-state index contributed by atoms with van der Waals surface area (Å²) in [6.45, 7) is 3.87. The van der Waals surface area contributed by atoms with E-state index in [0.717, 1.165) is 12.3 Å². The van der Waals surface area contributed by atoms with E-state index in [2.05, 4.69) is 16.9 Å². The molecule has 1 fully saturated rings. The fraction of sp³-hybridized carbons (Fsp3) is 0.692. The highest BCUT2D eigenvalue weighted by Crippen LogP contribution is 2.35. The zero-order valence-electron chi connectivity index (χ0n) is 10.0. The fourth-order valence-electron chi connectivity index (χ4n) is 2.01. The molecule has 88 valence electrons. The van der Waals surface area contributed by atoms with Crippen molar-refractivity contribution in [2.24, 2.45) is 11.8 Å². The van der Waals surface area contributed by atoms with Crippen LogP contribution in [0.4, 0.5) is 4.39 Å². The Balaban J connectivity index is 1.88. The van der Waals surface area contributed by atoms with Gasteiger partial charge in [-0.1, -0.05) is 32.6 Å². The van der Waals surface area contributed by atoms with Gasteiger partial charge in [0.25, 0.3) is 0 Å². The summed E-state index contributed by atoms with van der Waals surface area (Å²) in [5.41, 5.74) is 1.04. The molecule has 1 atom stereocenters. The Hall–Kier alpha value is -0.990. The maximum Gasteiger partial charge on any atom is 0.165 e. The van der Waals surface area contributed by atoms with Gasteiger partial charge in [-0.3, -0.25) is 0 Å². The van der Waals surface area contributed by atoms with Gasteiger partial charge in [0.05, 0.1) is 11.4 Å². The molecule has 1 aliphatic rings. The van der Waals surface area contributed by atoms with Crippen LogP contribution in [0.25, 0.3) is 0 Å². The van der Waals surface area contributed by atoms with Gasteiger partial charge in [0.15, 0.2) is 5.82 Å². The molecule has 0 amide bonds. The Morgan fingerprint density at radius 3 is 2.88 bits per heavy atom. The summed E-state index contributed by atoms with van der Waals surface area (Å²) in [4.78, 5) is 7.88. The highest BCUT2D eigenvalue weighted by molar-refractivity contribution is 5.10. The summed E-state index contributed by atoms with van der Waals surface area (Å²) in [6, 6.07) is 0. The van der Waals surface area contributed by atoms with E-state index in [1.807, 2.05) is 0 Å². The quantitative estimate of drug-likeness (QED) is 0.764. The van der Waals surface area contributed by atoms with E-state index < -0.39 is 0 Å². The van der Waals surface area contributed by atoms with Crippen LogP contribution in [-0.4, -0.2) is 9.97 Å². The van der Waals surface area contributed by atoms with Crippen LogP contribution in [0.2, 0.25) is 0 Å². The molecule has 1 saturated carbocycles. The Bertz CT molecular complexity index is 361. The first kappa shape index (κ1) is 11.5. The predicted molar refractivity (Wildman–Crippen MR) is 61.6 cm³/mol. The van der Waals surface area contributed by atoms with Gasteiger partial charge < -0.3 is 0 Å². The molecule has 1 aromatic heterocycles. The molecular weight excluding hydrogens is 203 g/mol. The Kier molecular flexibility index (Phi) is 3.52. The van der Waals surface area contributed by atoms with Crippen LogP contribution in [-0.2, 0) is 6.42 Å². The van der Waals surface area contributed by atoms with E-state index in [1.54, 1.807) is 6.92 Å². The molecule has 2 nitrogen and oxygen atoms in total. The first-order chi connectivity index (χ1) is 7.66. The molecule has 0 saturated heterocycles. The molecule has 0 spiro atoms. The molecule has 0 N–H and O–H groups in total. The molecule has 16 heavy (non-hydrogen) atoms. The molecule has 0 aromatic carbocycles. The summed E-state index contributed by atoms with van der Waals surface area (Å²) < 4.78 is 13.6. The van der Waals surface area contributed by atoms with Crippen molar-refractivity contribution < 1.29 is 4.39 Å². The second-order valence-corrected chi connectivity index (χ2v) is 5.05. The molecule has 3 heteroatoms. The number of halogens is 1. The number of nitrogens with zero attached hydrogens (tertiary/aromatic N) is 2. The smallest absolute Gasteiger partial charge is 0.165 e. The van der Waals surface area contributed by atoms with Gasteiger partial charge in [-0.15, -0.1) is 0 Å². The lowest BCUT2D eigenvalue weighted by atomic mass is 9.98. The van der Waals surface area contributed by atoms with Gasteiger partial charge >= 0.3 is 0 Å². The zero-order chi connectivity index (χ0) is 11.5. The number of aromatic nitrogens is 2. The monoisotopic (exact) mass is 222 g/mol. The number of hydrogen-bond donors (Lipinski definition) is 0. The van der Waals surface area contributed by atoms with Crippen molar-refractivity contribution in [2.45, 2.75) is 46.0 Å². The molecule has 2 rings (SSSR count). The second-order valence-electron chi connectivity index (χ2n) is 5.05. The molecule has 1 heterocycles. The van der Waals surface area contributed by atoms with Crippen molar-refractivity contribution in [3.63, 3.8) is 0 Å². The first-order valence-electron chi connectivity index (χ1n) is 6.12. The van der Waals surface area contributed by atoms with Crippen molar-refractivity contribution in [1.82, 2.24) is 9.97 Å². The lowest BCUT2D eigenvalue weighted by Crippen LogP contribution is -2.06. The van der Waals surface area contributed by atoms with Crippen LogP contribution >= 0.6 is 0 Å². The second kappa shape index (κ2) is 4.89. The Morgan fingerprint density at radius 2 is 2.19 bits per heavy atom. The van der Waals surface area contributed by atoms with Crippen LogP contribution in [0, 0.1) is 24.6 Å². The van der Waals surface area contributed by atoms with Crippen LogP contribution in [0.15, 0.2) is 6.33 Å². The summed E-state index contributed by atoms with van der Waals surface area (Å²) >= 11 is 0. The average Bonchev–Trinajstić information content (AvgIpc) is 3.06. The van der Waals surface area contributed by atoms with Crippen LogP contribution in [0.5, 0.6) is 0 Å². The third-order valence-corrected chi connectivity index (χ3v) is 3.34. The minimum absolute atomic E-state index is 0.222. The molecular formula is C13H19FN2. The third-order valence-electron chi connectivity index (χ3n) is 3.34. The molecule has 1 aliphatic carbocycles. The summed E-state index contributed by atoms with van der Waals surface area (Å²) in [5.74, 6) is 1.25. The SMILES string of the molecule is Cc1ncnc(CC(C)CCC2CC2)c1F. The van der Waals surface area contributed by atoms with Crippen molar-refractivity contribution in [1.29, 1.82) is 0 Å². The fourth-order valence-corrected chi connectivity index (χ4v) is 2.01. The topological polar surface area (TPSA) is 25.8 Å². The van der Waals surface area contributed by atoms with Crippen molar-refractivity contribution in [3.05, 3.63) is 23.5 Å². The molecule has 0 bridgehead atoms. The number of rotatable bonds is 5. The maximum absolute atomic E-state index is 13.6. The largest absolute Gasteiger partial charge is 0.239 e. The van der Waals surface area contributed by atoms with Crippen LogP contribution in [0.1, 0.15) is 44.0 Å². The molecule has 0 radical (unpaired) electrons. The van der Waals surface area contributed by atoms with Crippen molar-refractivity contribution in [3.8, 4) is 0 Å². The minimum atomic E-state index is -0.222. The van der Waals surface area contributed by atoms with Crippen LogP contribution in [0.3, 0.4) is 0 Å². The Labute approximate surface area is 96.3 Å². The van der Waals surface area contributed by atoms with Gasteiger partial charge in [0, 0.05) is 0 Å². The normalized spacial score (nSPS) is 17.4. The average molecular weight is 222 g/mol. The summed E-state index contributed by atoms with van der Waals surface area (Å²) in [6.07, 6.45) is 7.48. The standard InChI is InChI=1S/C13H19FN2/c1-9(3-4-11-5-6-11)7-12-13(14)10(2)15-8-16-12/h8-9,11H,3-7H2,1-2H3. The predicted octanol–water partition coefficient (Wildman–Crippen LogP) is 3.29. The van der Waals surface area contributed by atoms with E-state index in [4.69, 9.17) is 0 Å². The lowest BCUT2D eigenvalue weighted by molar-refractivity contribution is 0.466. The first-order valence-corrected chi connectivity index (χ1v) is 6.12. The highest BCUT2D eigenvalue weighted by Gasteiger charge is 2.22. The molecule has 1 aromatic rings. The van der Waals surface area contributed by atoms with Crippen molar-refractivity contribution in [2.75, 3.05) is 0 Å². The number of aryl methyl sites for hydroxylation is 1. The van der Waals surface area contributed by atoms with Gasteiger partial charge in [0.2, 0.25) is 0 Å². The Morgan fingerprint density at radius 1 is 1.44 bits per heavy atom. The summed E-state index contributed by atoms with van der Waals surface area (Å²) in [7, 11) is 0. The van der Waals surface area contributed by atoms with Crippen molar-refractivity contribution >= 4 is 0 Å². The molecule has 0 aliphatic heterocycles. The van der Waals surface area contributed by atoms with Crippen LogP contribution < -0.4 is 0 Å². The van der Waals surface area contributed by atoms with E-state index in [9.17, 15) is 4.39 Å². The van der Waals surface area contributed by atoms with Gasteiger partial charge in [0.1, 0.15) is 6.33 Å². The lowest BCUT2D eigenvalue weighted by Gasteiger charge is -2.11. The maximum atomic E-state index is 13.6.